The smallest absolute Gasteiger partial charge is 0.244 e. The second kappa shape index (κ2) is 6.07. The Balaban J connectivity index is 2.23. The molecule has 1 fully saturated rings. The van der Waals surface area contributed by atoms with E-state index in [2.05, 4.69) is 0 Å². The van der Waals surface area contributed by atoms with Crippen molar-refractivity contribution in [1.29, 1.82) is 0 Å². The lowest BCUT2D eigenvalue weighted by atomic mass is 10.1. The molecule has 2 rings (SSSR count). The van der Waals surface area contributed by atoms with Gasteiger partial charge in [0.05, 0.1) is 0 Å². The molecule has 1 aliphatic rings. The fraction of sp³-hybridized carbons (Fsp3) is 0.692. The second-order valence-electron chi connectivity index (χ2n) is 5.15. The van der Waals surface area contributed by atoms with Crippen LogP contribution in [0.1, 0.15) is 37.8 Å². The van der Waals surface area contributed by atoms with Crippen molar-refractivity contribution in [2.75, 3.05) is 13.1 Å². The molecule has 2 N–H and O–H groups in total. The monoisotopic (exact) mass is 285 g/mol. The highest BCUT2D eigenvalue weighted by molar-refractivity contribution is 7.89. The Morgan fingerprint density at radius 2 is 1.74 bits per heavy atom. The number of hydrogen-bond donors (Lipinski definition) is 1. The molecule has 1 aromatic rings. The van der Waals surface area contributed by atoms with Gasteiger partial charge in [0.25, 0.3) is 0 Å². The Kier molecular flexibility index (Phi) is 4.65. The molecule has 5 nitrogen and oxygen atoms in total. The van der Waals surface area contributed by atoms with Gasteiger partial charge in [-0.05, 0) is 18.9 Å². The minimum Gasteiger partial charge on any atom is -0.352 e. The van der Waals surface area contributed by atoms with Gasteiger partial charge in [0, 0.05) is 38.6 Å². The molecule has 0 spiro atoms. The maximum atomic E-state index is 12.6. The summed E-state index contributed by atoms with van der Waals surface area (Å²) in [5.41, 5.74) is 6.44. The van der Waals surface area contributed by atoms with Gasteiger partial charge in [-0.25, -0.2) is 8.42 Å². The summed E-state index contributed by atoms with van der Waals surface area (Å²) in [5.74, 6) is 0. The SMILES string of the molecule is Cn1cc(S(=O)(=O)N2CCCCCCC2)cc1CN. The quantitative estimate of drug-likeness (QED) is 0.913. The van der Waals surface area contributed by atoms with E-state index in [1.54, 1.807) is 21.1 Å². The molecule has 0 atom stereocenters. The fourth-order valence-corrected chi connectivity index (χ4v) is 4.14. The summed E-state index contributed by atoms with van der Waals surface area (Å²) in [5, 5.41) is 0. The van der Waals surface area contributed by atoms with Crippen LogP contribution in [-0.4, -0.2) is 30.4 Å². The van der Waals surface area contributed by atoms with Crippen molar-refractivity contribution in [3.05, 3.63) is 18.0 Å². The maximum absolute atomic E-state index is 12.6. The first kappa shape index (κ1) is 14.6. The molecule has 1 aliphatic heterocycles. The highest BCUT2D eigenvalue weighted by atomic mass is 32.2. The standard InChI is InChI=1S/C13H23N3O2S/c1-15-11-13(9-12(15)10-14)19(17,18)16-7-5-3-2-4-6-8-16/h9,11H,2-8,10,14H2,1H3. The predicted octanol–water partition coefficient (Wildman–Crippen LogP) is 1.44. The maximum Gasteiger partial charge on any atom is 0.244 e. The van der Waals surface area contributed by atoms with E-state index >= 15 is 0 Å². The van der Waals surface area contributed by atoms with Crippen LogP contribution in [0.3, 0.4) is 0 Å². The number of sulfonamides is 1. The Bertz CT molecular complexity index is 514. The average Bonchev–Trinajstić information content (AvgIpc) is 2.70. The number of aromatic nitrogens is 1. The lowest BCUT2D eigenvalue weighted by molar-refractivity contribution is 0.364. The summed E-state index contributed by atoms with van der Waals surface area (Å²) in [4.78, 5) is 0.371. The molecule has 0 aromatic carbocycles. The van der Waals surface area contributed by atoms with Gasteiger partial charge in [-0.15, -0.1) is 0 Å². The normalized spacial score (nSPS) is 19.1. The van der Waals surface area contributed by atoms with Crippen molar-refractivity contribution >= 4 is 10.0 Å². The van der Waals surface area contributed by atoms with Crippen molar-refractivity contribution in [3.8, 4) is 0 Å². The van der Waals surface area contributed by atoms with Crippen molar-refractivity contribution < 1.29 is 8.42 Å². The molecule has 108 valence electrons. The Hall–Kier alpha value is -0.850. The molecular formula is C13H23N3O2S. The van der Waals surface area contributed by atoms with Gasteiger partial charge < -0.3 is 10.3 Å². The summed E-state index contributed by atoms with van der Waals surface area (Å²) >= 11 is 0. The average molecular weight is 285 g/mol. The minimum atomic E-state index is -3.36. The zero-order valence-electron chi connectivity index (χ0n) is 11.5. The number of nitrogens with zero attached hydrogens (tertiary/aromatic N) is 2. The van der Waals surface area contributed by atoms with Crippen LogP contribution in [0, 0.1) is 0 Å². The van der Waals surface area contributed by atoms with Crippen molar-refractivity contribution in [3.63, 3.8) is 0 Å². The summed E-state index contributed by atoms with van der Waals surface area (Å²) in [6.07, 6.45) is 7.03. The van der Waals surface area contributed by atoms with E-state index in [1.807, 2.05) is 7.05 Å². The third-order valence-electron chi connectivity index (χ3n) is 3.74. The van der Waals surface area contributed by atoms with Crippen LogP contribution in [0.2, 0.25) is 0 Å². The highest BCUT2D eigenvalue weighted by Crippen LogP contribution is 2.21. The van der Waals surface area contributed by atoms with E-state index < -0.39 is 10.0 Å². The lowest BCUT2D eigenvalue weighted by Crippen LogP contribution is -2.33. The Morgan fingerprint density at radius 1 is 1.16 bits per heavy atom. The molecule has 0 bridgehead atoms. The number of aryl methyl sites for hydroxylation is 1. The zero-order chi connectivity index (χ0) is 13.9. The molecular weight excluding hydrogens is 262 g/mol. The van der Waals surface area contributed by atoms with E-state index in [0.29, 0.717) is 24.5 Å². The topological polar surface area (TPSA) is 68.3 Å². The summed E-state index contributed by atoms with van der Waals surface area (Å²) in [6.45, 7) is 1.62. The Morgan fingerprint density at radius 3 is 2.26 bits per heavy atom. The zero-order valence-corrected chi connectivity index (χ0v) is 12.3. The number of rotatable bonds is 3. The summed E-state index contributed by atoms with van der Waals surface area (Å²) in [6, 6.07) is 1.69. The summed E-state index contributed by atoms with van der Waals surface area (Å²) < 4.78 is 28.6. The molecule has 6 heteroatoms. The van der Waals surface area contributed by atoms with Gasteiger partial charge in [-0.3, -0.25) is 0 Å². The number of nitrogens with two attached hydrogens (primary N) is 1. The van der Waals surface area contributed by atoms with E-state index in [4.69, 9.17) is 5.73 Å². The van der Waals surface area contributed by atoms with Gasteiger partial charge >= 0.3 is 0 Å². The van der Waals surface area contributed by atoms with Gasteiger partial charge in [-0.1, -0.05) is 19.3 Å². The second-order valence-corrected chi connectivity index (χ2v) is 7.09. The van der Waals surface area contributed by atoms with Crippen LogP contribution in [0.4, 0.5) is 0 Å². The molecule has 0 aliphatic carbocycles. The molecule has 2 heterocycles. The minimum absolute atomic E-state index is 0.353. The number of hydrogen-bond acceptors (Lipinski definition) is 3. The first-order chi connectivity index (χ1) is 9.05. The van der Waals surface area contributed by atoms with Gasteiger partial charge in [-0.2, -0.15) is 4.31 Å². The van der Waals surface area contributed by atoms with E-state index in [0.717, 1.165) is 31.4 Å². The van der Waals surface area contributed by atoms with Crippen LogP contribution in [0.5, 0.6) is 0 Å². The van der Waals surface area contributed by atoms with Crippen LogP contribution in [-0.2, 0) is 23.6 Å². The van der Waals surface area contributed by atoms with Crippen molar-refractivity contribution in [2.24, 2.45) is 12.8 Å². The van der Waals surface area contributed by atoms with E-state index in [9.17, 15) is 8.42 Å². The molecule has 19 heavy (non-hydrogen) atoms. The van der Waals surface area contributed by atoms with Crippen molar-refractivity contribution in [1.82, 2.24) is 8.87 Å². The molecule has 1 saturated heterocycles. The van der Waals surface area contributed by atoms with Gasteiger partial charge in [0.1, 0.15) is 4.90 Å². The van der Waals surface area contributed by atoms with Crippen LogP contribution >= 0.6 is 0 Å². The predicted molar refractivity (Wildman–Crippen MR) is 75.1 cm³/mol. The fourth-order valence-electron chi connectivity index (χ4n) is 2.53. The van der Waals surface area contributed by atoms with Crippen molar-refractivity contribution in [2.45, 2.75) is 43.5 Å². The van der Waals surface area contributed by atoms with E-state index in [1.165, 1.54) is 6.42 Å². The molecule has 0 unspecified atom stereocenters. The molecule has 1 aromatic heterocycles. The largest absolute Gasteiger partial charge is 0.352 e. The highest BCUT2D eigenvalue weighted by Gasteiger charge is 2.26. The Labute approximate surface area is 115 Å². The first-order valence-corrected chi connectivity index (χ1v) is 8.35. The molecule has 0 saturated carbocycles. The molecule has 0 amide bonds. The first-order valence-electron chi connectivity index (χ1n) is 6.91. The van der Waals surface area contributed by atoms with E-state index in [-0.39, 0.29) is 0 Å². The van der Waals surface area contributed by atoms with Crippen LogP contribution in [0.15, 0.2) is 17.2 Å². The lowest BCUT2D eigenvalue weighted by Gasteiger charge is -2.23. The van der Waals surface area contributed by atoms with Crippen LogP contribution in [0.25, 0.3) is 0 Å². The van der Waals surface area contributed by atoms with Crippen LogP contribution < -0.4 is 5.73 Å². The molecule has 0 radical (unpaired) electrons. The van der Waals surface area contributed by atoms with Gasteiger partial charge in [0.15, 0.2) is 0 Å². The summed E-state index contributed by atoms with van der Waals surface area (Å²) in [7, 11) is -1.53. The third-order valence-corrected chi connectivity index (χ3v) is 5.61. The van der Waals surface area contributed by atoms with Gasteiger partial charge in [0.2, 0.25) is 10.0 Å². The third kappa shape index (κ3) is 3.19.